The van der Waals surface area contributed by atoms with E-state index in [0.717, 1.165) is 4.57 Å². The molecule has 0 fully saturated rings. The van der Waals surface area contributed by atoms with Crippen molar-refractivity contribution in [2.45, 2.75) is 6.18 Å². The second kappa shape index (κ2) is 5.05. The fraction of sp³-hybridized carbons (Fsp3) is 0.0667. The van der Waals surface area contributed by atoms with Crippen molar-refractivity contribution < 1.29 is 13.2 Å². The van der Waals surface area contributed by atoms with E-state index in [-0.39, 0.29) is 5.82 Å². The Morgan fingerprint density at radius 2 is 1.33 bits per heavy atom. The van der Waals surface area contributed by atoms with E-state index < -0.39 is 12.0 Å². The van der Waals surface area contributed by atoms with Crippen molar-refractivity contribution >= 4 is 0 Å². The molecule has 3 nitrogen and oxygen atoms in total. The molecular weight excluding hydrogens is 279 g/mol. The van der Waals surface area contributed by atoms with E-state index in [9.17, 15) is 13.2 Å². The van der Waals surface area contributed by atoms with Crippen molar-refractivity contribution in [3.63, 3.8) is 0 Å². The summed E-state index contributed by atoms with van der Waals surface area (Å²) in [5.74, 6) is -0.873. The largest absolute Gasteiger partial charge is 0.452 e. The summed E-state index contributed by atoms with van der Waals surface area (Å²) in [5.41, 5.74) is 0.943. The number of aromatic nitrogens is 3. The first kappa shape index (κ1) is 13.4. The van der Waals surface area contributed by atoms with Crippen LogP contribution in [0.4, 0.5) is 13.2 Å². The average Bonchev–Trinajstić information content (AvgIpc) is 2.94. The second-order valence-electron chi connectivity index (χ2n) is 4.38. The molecule has 2 aromatic carbocycles. The number of hydrogen-bond donors (Lipinski definition) is 0. The van der Waals surface area contributed by atoms with Crippen LogP contribution in [0.3, 0.4) is 0 Å². The highest BCUT2D eigenvalue weighted by Crippen LogP contribution is 2.32. The molecule has 0 aliphatic carbocycles. The molecule has 0 atom stereocenters. The zero-order valence-corrected chi connectivity index (χ0v) is 10.7. The van der Waals surface area contributed by atoms with Gasteiger partial charge in [-0.05, 0) is 12.1 Å². The van der Waals surface area contributed by atoms with Crippen molar-refractivity contribution in [2.24, 2.45) is 0 Å². The fourth-order valence-electron chi connectivity index (χ4n) is 2.06. The highest BCUT2D eigenvalue weighted by Gasteiger charge is 2.39. The number of hydrogen-bond acceptors (Lipinski definition) is 2. The Hall–Kier alpha value is -2.63. The molecule has 0 aliphatic rings. The zero-order chi connectivity index (χ0) is 14.9. The van der Waals surface area contributed by atoms with Gasteiger partial charge >= 0.3 is 6.18 Å². The second-order valence-corrected chi connectivity index (χ2v) is 4.38. The third kappa shape index (κ3) is 2.52. The molecule has 0 bridgehead atoms. The molecule has 0 radical (unpaired) electrons. The molecule has 0 unspecified atom stereocenters. The van der Waals surface area contributed by atoms with Crippen molar-refractivity contribution in [1.29, 1.82) is 0 Å². The van der Waals surface area contributed by atoms with Gasteiger partial charge in [-0.15, -0.1) is 10.2 Å². The third-order valence-electron chi connectivity index (χ3n) is 2.96. The Morgan fingerprint density at radius 1 is 0.762 bits per heavy atom. The molecule has 0 saturated heterocycles. The number of rotatable bonds is 2. The van der Waals surface area contributed by atoms with Crippen LogP contribution in [0.15, 0.2) is 60.7 Å². The lowest BCUT2D eigenvalue weighted by Gasteiger charge is -2.12. The van der Waals surface area contributed by atoms with Gasteiger partial charge in [-0.3, -0.25) is 4.57 Å². The first-order valence-electron chi connectivity index (χ1n) is 6.21. The molecule has 0 spiro atoms. The minimum Gasteiger partial charge on any atom is -0.271 e. The summed E-state index contributed by atoms with van der Waals surface area (Å²) in [5, 5.41) is 7.05. The summed E-state index contributed by atoms with van der Waals surface area (Å²) in [7, 11) is 0. The van der Waals surface area contributed by atoms with E-state index in [2.05, 4.69) is 10.2 Å². The first-order chi connectivity index (χ1) is 10.1. The van der Waals surface area contributed by atoms with Crippen molar-refractivity contribution in [2.75, 3.05) is 0 Å². The fourth-order valence-corrected chi connectivity index (χ4v) is 2.06. The molecule has 0 amide bonds. The highest BCUT2D eigenvalue weighted by molar-refractivity contribution is 5.58. The van der Waals surface area contributed by atoms with Crippen LogP contribution in [0, 0.1) is 0 Å². The summed E-state index contributed by atoms with van der Waals surface area (Å²) < 4.78 is 40.4. The molecule has 6 heteroatoms. The standard InChI is InChI=1S/C15H10F3N3/c16-15(17,18)14-20-19-13(11-7-3-1-4-8-11)21(14)12-9-5-2-6-10-12/h1-10H. The maximum atomic E-state index is 13.1. The smallest absolute Gasteiger partial charge is 0.271 e. The van der Waals surface area contributed by atoms with Gasteiger partial charge in [0.05, 0.1) is 0 Å². The average molecular weight is 289 g/mol. The first-order valence-corrected chi connectivity index (χ1v) is 6.21. The molecule has 1 heterocycles. The summed E-state index contributed by atoms with van der Waals surface area (Å²) in [4.78, 5) is 0. The highest BCUT2D eigenvalue weighted by atomic mass is 19.4. The van der Waals surface area contributed by atoms with E-state index in [1.807, 2.05) is 0 Å². The van der Waals surface area contributed by atoms with Crippen LogP contribution in [0.2, 0.25) is 0 Å². The van der Waals surface area contributed by atoms with Crippen LogP contribution >= 0.6 is 0 Å². The number of benzene rings is 2. The van der Waals surface area contributed by atoms with Crippen LogP contribution in [-0.4, -0.2) is 14.8 Å². The summed E-state index contributed by atoms with van der Waals surface area (Å²) in [6.07, 6.45) is -4.57. The van der Waals surface area contributed by atoms with E-state index in [1.165, 1.54) is 0 Å². The molecule has 3 aromatic rings. The Balaban J connectivity index is 2.26. The minimum atomic E-state index is -4.57. The Bertz CT molecular complexity index is 734. The Labute approximate surface area is 118 Å². The lowest BCUT2D eigenvalue weighted by atomic mass is 10.2. The molecule has 21 heavy (non-hydrogen) atoms. The molecular formula is C15H10F3N3. The predicted octanol–water partition coefficient (Wildman–Crippen LogP) is 3.95. The van der Waals surface area contributed by atoms with E-state index in [4.69, 9.17) is 0 Å². The predicted molar refractivity (Wildman–Crippen MR) is 71.8 cm³/mol. The van der Waals surface area contributed by atoms with Crippen LogP contribution in [-0.2, 0) is 6.18 Å². The van der Waals surface area contributed by atoms with E-state index in [0.29, 0.717) is 11.3 Å². The van der Waals surface area contributed by atoms with Gasteiger partial charge < -0.3 is 0 Å². The topological polar surface area (TPSA) is 30.7 Å². The lowest BCUT2D eigenvalue weighted by Crippen LogP contribution is -2.14. The molecule has 0 N–H and O–H groups in total. The van der Waals surface area contributed by atoms with Crippen LogP contribution in [0.5, 0.6) is 0 Å². The van der Waals surface area contributed by atoms with E-state index >= 15 is 0 Å². The van der Waals surface area contributed by atoms with Gasteiger partial charge in [-0.1, -0.05) is 48.5 Å². The summed E-state index contributed by atoms with van der Waals surface area (Å²) in [6, 6.07) is 16.9. The van der Waals surface area contributed by atoms with Gasteiger partial charge in [-0.25, -0.2) is 0 Å². The zero-order valence-electron chi connectivity index (χ0n) is 10.7. The molecule has 0 saturated carbocycles. The number of para-hydroxylation sites is 1. The van der Waals surface area contributed by atoms with Crippen LogP contribution < -0.4 is 0 Å². The van der Waals surface area contributed by atoms with Crippen LogP contribution in [0.1, 0.15) is 5.82 Å². The normalized spacial score (nSPS) is 11.6. The van der Waals surface area contributed by atoms with Gasteiger partial charge in [-0.2, -0.15) is 13.2 Å². The van der Waals surface area contributed by atoms with Crippen molar-refractivity contribution in [1.82, 2.24) is 14.8 Å². The quantitative estimate of drug-likeness (QED) is 0.715. The van der Waals surface area contributed by atoms with Gasteiger partial charge in [0.2, 0.25) is 5.82 Å². The Kier molecular flexibility index (Phi) is 3.21. The lowest BCUT2D eigenvalue weighted by molar-refractivity contribution is -0.146. The van der Waals surface area contributed by atoms with Crippen LogP contribution in [0.25, 0.3) is 17.1 Å². The monoisotopic (exact) mass is 289 g/mol. The Morgan fingerprint density at radius 3 is 1.90 bits per heavy atom. The number of halogens is 3. The molecule has 3 rings (SSSR count). The summed E-state index contributed by atoms with van der Waals surface area (Å²) in [6.45, 7) is 0. The van der Waals surface area contributed by atoms with Gasteiger partial charge in [0.1, 0.15) is 0 Å². The number of nitrogens with zero attached hydrogens (tertiary/aromatic N) is 3. The van der Waals surface area contributed by atoms with Crippen molar-refractivity contribution in [3.05, 3.63) is 66.5 Å². The third-order valence-corrected chi connectivity index (χ3v) is 2.96. The van der Waals surface area contributed by atoms with Crippen molar-refractivity contribution in [3.8, 4) is 17.1 Å². The maximum Gasteiger partial charge on any atom is 0.452 e. The molecule has 106 valence electrons. The van der Waals surface area contributed by atoms with Gasteiger partial charge in [0.15, 0.2) is 5.82 Å². The van der Waals surface area contributed by atoms with Gasteiger partial charge in [0.25, 0.3) is 0 Å². The van der Waals surface area contributed by atoms with Gasteiger partial charge in [0, 0.05) is 11.3 Å². The maximum absolute atomic E-state index is 13.1. The minimum absolute atomic E-state index is 0.161. The molecule has 0 aliphatic heterocycles. The number of alkyl halides is 3. The molecule has 1 aromatic heterocycles. The van der Waals surface area contributed by atoms with E-state index in [1.54, 1.807) is 60.7 Å². The summed E-state index contributed by atoms with van der Waals surface area (Å²) >= 11 is 0. The SMILES string of the molecule is FC(F)(F)c1nnc(-c2ccccc2)n1-c1ccccc1.